The van der Waals surface area contributed by atoms with Crippen LogP contribution in [0, 0.1) is 0 Å². The maximum atomic E-state index is 11.4. The van der Waals surface area contributed by atoms with Crippen LogP contribution in [0.4, 0.5) is 5.69 Å². The Morgan fingerprint density at radius 3 is 2.69 bits per heavy atom. The Kier molecular flexibility index (Phi) is 3.76. The molecule has 1 atom stereocenters. The third-order valence-corrected chi connectivity index (χ3v) is 2.59. The van der Waals surface area contributed by atoms with Crippen molar-refractivity contribution in [3.63, 3.8) is 0 Å². The van der Waals surface area contributed by atoms with Crippen LogP contribution in [0.1, 0.15) is 6.92 Å². The SMILES string of the molecule is CSC(C)C(=O)Nc1ccncc1. The van der Waals surface area contributed by atoms with E-state index in [-0.39, 0.29) is 11.2 Å². The van der Waals surface area contributed by atoms with Crippen LogP contribution in [0.3, 0.4) is 0 Å². The Labute approximate surface area is 81.9 Å². The van der Waals surface area contributed by atoms with Crippen LogP contribution in [0.5, 0.6) is 0 Å². The van der Waals surface area contributed by atoms with Crippen molar-refractivity contribution in [2.45, 2.75) is 12.2 Å². The van der Waals surface area contributed by atoms with Crippen molar-refractivity contribution in [3.05, 3.63) is 24.5 Å². The number of rotatable bonds is 3. The van der Waals surface area contributed by atoms with E-state index >= 15 is 0 Å². The molecule has 1 heterocycles. The first-order valence-electron chi connectivity index (χ1n) is 3.97. The quantitative estimate of drug-likeness (QED) is 0.801. The lowest BCUT2D eigenvalue weighted by Gasteiger charge is -2.08. The predicted octanol–water partition coefficient (Wildman–Crippen LogP) is 1.77. The first-order chi connectivity index (χ1) is 6.24. The smallest absolute Gasteiger partial charge is 0.237 e. The van der Waals surface area contributed by atoms with Gasteiger partial charge in [0.1, 0.15) is 0 Å². The highest BCUT2D eigenvalue weighted by Crippen LogP contribution is 2.09. The third kappa shape index (κ3) is 3.06. The highest BCUT2D eigenvalue weighted by atomic mass is 32.2. The topological polar surface area (TPSA) is 42.0 Å². The molecule has 70 valence electrons. The molecule has 0 aromatic carbocycles. The number of carbonyl (C=O) groups is 1. The molecule has 3 nitrogen and oxygen atoms in total. The van der Waals surface area contributed by atoms with Crippen LogP contribution in [0.25, 0.3) is 0 Å². The van der Waals surface area contributed by atoms with Gasteiger partial charge in [-0.2, -0.15) is 11.8 Å². The summed E-state index contributed by atoms with van der Waals surface area (Å²) in [6, 6.07) is 3.54. The molecule has 0 bridgehead atoms. The maximum Gasteiger partial charge on any atom is 0.237 e. The summed E-state index contributed by atoms with van der Waals surface area (Å²) >= 11 is 1.52. The largest absolute Gasteiger partial charge is 0.325 e. The summed E-state index contributed by atoms with van der Waals surface area (Å²) in [5.41, 5.74) is 0.793. The van der Waals surface area contributed by atoms with Crippen molar-refractivity contribution >= 4 is 23.4 Å². The Morgan fingerprint density at radius 1 is 1.54 bits per heavy atom. The average molecular weight is 196 g/mol. The molecule has 4 heteroatoms. The molecule has 0 saturated heterocycles. The lowest BCUT2D eigenvalue weighted by atomic mass is 10.3. The molecule has 0 aliphatic carbocycles. The van der Waals surface area contributed by atoms with E-state index in [0.717, 1.165) is 5.69 Å². The van der Waals surface area contributed by atoms with Gasteiger partial charge < -0.3 is 5.32 Å². The standard InChI is InChI=1S/C9H12N2OS/c1-7(13-2)9(12)11-8-3-5-10-6-4-8/h3-7H,1-2H3,(H,10,11,12). The van der Waals surface area contributed by atoms with E-state index in [1.807, 2.05) is 13.2 Å². The highest BCUT2D eigenvalue weighted by Gasteiger charge is 2.10. The summed E-state index contributed by atoms with van der Waals surface area (Å²) in [7, 11) is 0. The average Bonchev–Trinajstić information content (AvgIpc) is 2.18. The Morgan fingerprint density at radius 2 is 2.15 bits per heavy atom. The van der Waals surface area contributed by atoms with Gasteiger partial charge in [0, 0.05) is 18.1 Å². The molecule has 0 aliphatic rings. The lowest BCUT2D eigenvalue weighted by Crippen LogP contribution is -2.21. The molecule has 1 unspecified atom stereocenters. The first kappa shape index (κ1) is 10.1. The van der Waals surface area contributed by atoms with Crippen molar-refractivity contribution in [1.82, 2.24) is 4.98 Å². The van der Waals surface area contributed by atoms with Gasteiger partial charge in [-0.05, 0) is 25.3 Å². The van der Waals surface area contributed by atoms with E-state index in [0.29, 0.717) is 0 Å². The van der Waals surface area contributed by atoms with E-state index in [9.17, 15) is 4.79 Å². The lowest BCUT2D eigenvalue weighted by molar-refractivity contribution is -0.115. The van der Waals surface area contributed by atoms with Gasteiger partial charge in [0.2, 0.25) is 5.91 Å². The Bertz CT molecular complexity index is 276. The molecule has 1 rings (SSSR count). The van der Waals surface area contributed by atoms with Gasteiger partial charge in [0.25, 0.3) is 0 Å². The zero-order chi connectivity index (χ0) is 9.68. The van der Waals surface area contributed by atoms with Gasteiger partial charge in [-0.25, -0.2) is 0 Å². The Hall–Kier alpha value is -1.03. The Balaban J connectivity index is 2.55. The summed E-state index contributed by atoms with van der Waals surface area (Å²) in [6.07, 6.45) is 5.22. The van der Waals surface area contributed by atoms with Crippen molar-refractivity contribution in [1.29, 1.82) is 0 Å². The van der Waals surface area contributed by atoms with Crippen LogP contribution in [0.2, 0.25) is 0 Å². The molecular formula is C9H12N2OS. The molecule has 0 saturated carbocycles. The third-order valence-electron chi connectivity index (χ3n) is 1.67. The van der Waals surface area contributed by atoms with Crippen molar-refractivity contribution in [2.75, 3.05) is 11.6 Å². The zero-order valence-corrected chi connectivity index (χ0v) is 8.47. The molecule has 1 aromatic rings. The highest BCUT2D eigenvalue weighted by molar-refractivity contribution is 7.99. The molecule has 1 N–H and O–H groups in total. The number of pyridine rings is 1. The van der Waals surface area contributed by atoms with E-state index in [1.54, 1.807) is 24.5 Å². The van der Waals surface area contributed by atoms with Crippen LogP contribution in [-0.4, -0.2) is 22.4 Å². The maximum absolute atomic E-state index is 11.4. The predicted molar refractivity (Wildman–Crippen MR) is 55.8 cm³/mol. The second kappa shape index (κ2) is 4.87. The summed E-state index contributed by atoms with van der Waals surface area (Å²) in [4.78, 5) is 15.3. The van der Waals surface area contributed by atoms with Gasteiger partial charge in [-0.1, -0.05) is 0 Å². The number of hydrogen-bond acceptors (Lipinski definition) is 3. The van der Waals surface area contributed by atoms with E-state index < -0.39 is 0 Å². The van der Waals surface area contributed by atoms with Gasteiger partial charge >= 0.3 is 0 Å². The molecular weight excluding hydrogens is 184 g/mol. The molecule has 13 heavy (non-hydrogen) atoms. The molecule has 0 fully saturated rings. The van der Waals surface area contributed by atoms with Crippen LogP contribution < -0.4 is 5.32 Å². The summed E-state index contributed by atoms with van der Waals surface area (Å²) < 4.78 is 0. The minimum Gasteiger partial charge on any atom is -0.325 e. The first-order valence-corrected chi connectivity index (χ1v) is 5.26. The minimum absolute atomic E-state index is 0.0202. The molecule has 0 spiro atoms. The summed E-state index contributed by atoms with van der Waals surface area (Å²) in [6.45, 7) is 1.88. The minimum atomic E-state index is -0.0202. The molecule has 0 aliphatic heterocycles. The van der Waals surface area contributed by atoms with E-state index in [2.05, 4.69) is 10.3 Å². The van der Waals surface area contributed by atoms with E-state index in [4.69, 9.17) is 0 Å². The van der Waals surface area contributed by atoms with Gasteiger partial charge in [-0.3, -0.25) is 9.78 Å². The van der Waals surface area contributed by atoms with Gasteiger partial charge in [0.05, 0.1) is 5.25 Å². The summed E-state index contributed by atoms with van der Waals surface area (Å²) in [5, 5.41) is 2.77. The second-order valence-corrected chi connectivity index (χ2v) is 3.78. The summed E-state index contributed by atoms with van der Waals surface area (Å²) in [5.74, 6) is 0.0266. The van der Waals surface area contributed by atoms with Crippen molar-refractivity contribution in [2.24, 2.45) is 0 Å². The number of hydrogen-bond donors (Lipinski definition) is 1. The molecule has 1 amide bonds. The van der Waals surface area contributed by atoms with Crippen LogP contribution in [0.15, 0.2) is 24.5 Å². The van der Waals surface area contributed by atoms with E-state index in [1.165, 1.54) is 11.8 Å². The number of carbonyl (C=O) groups excluding carboxylic acids is 1. The fourth-order valence-electron chi connectivity index (χ4n) is 0.786. The second-order valence-electron chi connectivity index (χ2n) is 2.60. The monoisotopic (exact) mass is 196 g/mol. The van der Waals surface area contributed by atoms with Gasteiger partial charge in [0.15, 0.2) is 0 Å². The number of anilines is 1. The fourth-order valence-corrected chi connectivity index (χ4v) is 1.06. The number of nitrogens with zero attached hydrogens (tertiary/aromatic N) is 1. The molecule has 1 aromatic heterocycles. The number of amides is 1. The zero-order valence-electron chi connectivity index (χ0n) is 7.65. The van der Waals surface area contributed by atoms with Crippen molar-refractivity contribution in [3.8, 4) is 0 Å². The van der Waals surface area contributed by atoms with Crippen LogP contribution in [-0.2, 0) is 4.79 Å². The van der Waals surface area contributed by atoms with Crippen molar-refractivity contribution < 1.29 is 4.79 Å². The number of aromatic nitrogens is 1. The van der Waals surface area contributed by atoms with Gasteiger partial charge in [-0.15, -0.1) is 0 Å². The molecule has 0 radical (unpaired) electrons. The normalized spacial score (nSPS) is 12.2. The number of nitrogens with one attached hydrogen (secondary N) is 1. The number of thioether (sulfide) groups is 1. The van der Waals surface area contributed by atoms with Crippen LogP contribution >= 0.6 is 11.8 Å². The fraction of sp³-hybridized carbons (Fsp3) is 0.333.